The zero-order chi connectivity index (χ0) is 15.2. The fourth-order valence-corrected chi connectivity index (χ4v) is 2.73. The Balaban J connectivity index is 2.01. The van der Waals surface area contributed by atoms with Crippen LogP contribution < -0.4 is 5.32 Å². The highest BCUT2D eigenvalue weighted by molar-refractivity contribution is 7.12. The molecule has 0 unspecified atom stereocenters. The lowest BCUT2D eigenvalue weighted by atomic mass is 10.2. The zero-order valence-electron chi connectivity index (χ0n) is 11.4. The van der Waals surface area contributed by atoms with Gasteiger partial charge in [-0.05, 0) is 18.2 Å². The van der Waals surface area contributed by atoms with Crippen LogP contribution >= 0.6 is 11.3 Å². The van der Waals surface area contributed by atoms with Gasteiger partial charge in [0.2, 0.25) is 0 Å². The molecule has 1 N–H and O–H groups in total. The first-order valence-corrected chi connectivity index (χ1v) is 7.03. The Bertz CT molecular complexity index is 654. The highest BCUT2D eigenvalue weighted by Gasteiger charge is 2.12. The summed E-state index contributed by atoms with van der Waals surface area (Å²) in [5, 5.41) is 14.0. The number of thiophene rings is 1. The molecule has 7 heteroatoms. The van der Waals surface area contributed by atoms with E-state index < -0.39 is 4.92 Å². The van der Waals surface area contributed by atoms with Crippen LogP contribution in [0.25, 0.3) is 0 Å². The van der Waals surface area contributed by atoms with Crippen LogP contribution in [0, 0.1) is 10.1 Å². The predicted octanol–water partition coefficient (Wildman–Crippen LogP) is 2.98. The quantitative estimate of drug-likeness (QED) is 0.504. The number of carbonyl (C=O) groups is 1. The lowest BCUT2D eigenvalue weighted by Crippen LogP contribution is -2.02. The van der Waals surface area contributed by atoms with Gasteiger partial charge in [-0.15, -0.1) is 11.3 Å². The minimum absolute atomic E-state index is 0.0452. The Morgan fingerprint density at radius 1 is 1.29 bits per heavy atom. The van der Waals surface area contributed by atoms with Gasteiger partial charge in [0.25, 0.3) is 5.69 Å². The smallest absolute Gasteiger partial charge is 0.310 e. The summed E-state index contributed by atoms with van der Waals surface area (Å²) in [6.45, 7) is 0.469. The molecule has 6 nitrogen and oxygen atoms in total. The molecule has 0 saturated heterocycles. The molecule has 1 aromatic heterocycles. The van der Waals surface area contributed by atoms with Crippen molar-refractivity contribution in [3.05, 3.63) is 56.3 Å². The van der Waals surface area contributed by atoms with E-state index in [2.05, 4.69) is 10.1 Å². The molecule has 0 radical (unpaired) electrons. The van der Waals surface area contributed by atoms with Crippen molar-refractivity contribution in [3.8, 4) is 0 Å². The van der Waals surface area contributed by atoms with E-state index >= 15 is 0 Å². The standard InChI is InChI=1S/C14H14N2O4S/c1-20-14(17)8-10-6-7-11(21-10)9-15-12-4-2-3-5-13(12)16(18)19/h2-7,15H,8-9H2,1H3. The molecule has 2 rings (SSSR count). The molecule has 0 bridgehead atoms. The summed E-state index contributed by atoms with van der Waals surface area (Å²) in [4.78, 5) is 23.6. The molecule has 0 atom stereocenters. The van der Waals surface area contributed by atoms with Crippen molar-refractivity contribution in [2.45, 2.75) is 13.0 Å². The SMILES string of the molecule is COC(=O)Cc1ccc(CNc2ccccc2[N+](=O)[O-])s1. The average molecular weight is 306 g/mol. The summed E-state index contributed by atoms with van der Waals surface area (Å²) < 4.78 is 4.61. The van der Waals surface area contributed by atoms with E-state index in [0.717, 1.165) is 9.75 Å². The first-order valence-electron chi connectivity index (χ1n) is 6.22. The molecule has 0 spiro atoms. The Labute approximate surface area is 125 Å². The summed E-state index contributed by atoms with van der Waals surface area (Å²) in [7, 11) is 1.35. The van der Waals surface area contributed by atoms with Gasteiger partial charge in [0.05, 0.1) is 18.5 Å². The molecule has 1 heterocycles. The van der Waals surface area contributed by atoms with Gasteiger partial charge >= 0.3 is 5.97 Å². The summed E-state index contributed by atoms with van der Waals surface area (Å²) in [6.07, 6.45) is 0.243. The average Bonchev–Trinajstić information content (AvgIpc) is 2.92. The summed E-state index contributed by atoms with van der Waals surface area (Å²) in [5.74, 6) is -0.282. The van der Waals surface area contributed by atoms with E-state index in [-0.39, 0.29) is 18.1 Å². The summed E-state index contributed by atoms with van der Waals surface area (Å²) >= 11 is 1.48. The number of rotatable bonds is 6. The van der Waals surface area contributed by atoms with E-state index in [0.29, 0.717) is 12.2 Å². The van der Waals surface area contributed by atoms with E-state index in [1.165, 1.54) is 24.5 Å². The number of nitro groups is 1. The number of para-hydroxylation sites is 2. The third-order valence-electron chi connectivity index (χ3n) is 2.82. The second kappa shape index (κ2) is 6.85. The van der Waals surface area contributed by atoms with Crippen LogP contribution in [-0.4, -0.2) is 18.0 Å². The number of esters is 1. The molecule has 0 aliphatic heterocycles. The van der Waals surface area contributed by atoms with Crippen molar-refractivity contribution in [2.24, 2.45) is 0 Å². The number of methoxy groups -OCH3 is 1. The third kappa shape index (κ3) is 4.03. The minimum Gasteiger partial charge on any atom is -0.469 e. The maximum Gasteiger partial charge on any atom is 0.310 e. The Hall–Kier alpha value is -2.41. The van der Waals surface area contributed by atoms with Gasteiger partial charge in [-0.2, -0.15) is 0 Å². The summed E-state index contributed by atoms with van der Waals surface area (Å²) in [6, 6.07) is 10.2. The highest BCUT2D eigenvalue weighted by Crippen LogP contribution is 2.25. The normalized spacial score (nSPS) is 10.1. The maximum absolute atomic E-state index is 11.2. The van der Waals surface area contributed by atoms with Gasteiger partial charge in [-0.3, -0.25) is 14.9 Å². The number of benzene rings is 1. The third-order valence-corrected chi connectivity index (χ3v) is 3.90. The van der Waals surface area contributed by atoms with Crippen LogP contribution in [0.3, 0.4) is 0 Å². The molecule has 0 fully saturated rings. The molecule has 1 aromatic carbocycles. The fourth-order valence-electron chi connectivity index (χ4n) is 1.79. The predicted molar refractivity (Wildman–Crippen MR) is 80.5 cm³/mol. The number of ether oxygens (including phenoxy) is 1. The molecule has 0 amide bonds. The van der Waals surface area contributed by atoms with Gasteiger partial charge in [0.1, 0.15) is 5.69 Å². The van der Waals surface area contributed by atoms with Crippen LogP contribution in [0.1, 0.15) is 9.75 Å². The molecule has 0 aliphatic carbocycles. The maximum atomic E-state index is 11.2. The first kappa shape index (κ1) is 15.0. The zero-order valence-corrected chi connectivity index (χ0v) is 12.2. The second-order valence-corrected chi connectivity index (χ2v) is 5.50. The minimum atomic E-state index is -0.417. The van der Waals surface area contributed by atoms with Crippen molar-refractivity contribution >= 4 is 28.7 Å². The van der Waals surface area contributed by atoms with Gasteiger partial charge in [0.15, 0.2) is 0 Å². The largest absolute Gasteiger partial charge is 0.469 e. The van der Waals surface area contributed by atoms with Crippen LogP contribution in [-0.2, 0) is 22.5 Å². The number of hydrogen-bond donors (Lipinski definition) is 1. The lowest BCUT2D eigenvalue weighted by Gasteiger charge is -2.05. The van der Waals surface area contributed by atoms with Crippen molar-refractivity contribution in [1.82, 2.24) is 0 Å². The Morgan fingerprint density at radius 3 is 2.71 bits per heavy atom. The van der Waals surface area contributed by atoms with Gasteiger partial charge < -0.3 is 10.1 Å². The highest BCUT2D eigenvalue weighted by atomic mass is 32.1. The molecule has 110 valence electrons. The number of nitro benzene ring substituents is 1. The van der Waals surface area contributed by atoms with Crippen LogP contribution in [0.4, 0.5) is 11.4 Å². The van der Waals surface area contributed by atoms with Crippen molar-refractivity contribution in [3.63, 3.8) is 0 Å². The molecule has 0 saturated carbocycles. The Morgan fingerprint density at radius 2 is 2.00 bits per heavy atom. The second-order valence-electron chi connectivity index (χ2n) is 4.25. The lowest BCUT2D eigenvalue weighted by molar-refractivity contribution is -0.384. The fraction of sp³-hybridized carbons (Fsp3) is 0.214. The van der Waals surface area contributed by atoms with Crippen molar-refractivity contribution < 1.29 is 14.5 Å². The van der Waals surface area contributed by atoms with Crippen LogP contribution in [0.15, 0.2) is 36.4 Å². The number of nitrogens with one attached hydrogen (secondary N) is 1. The number of hydrogen-bond acceptors (Lipinski definition) is 6. The van der Waals surface area contributed by atoms with Gasteiger partial charge in [0, 0.05) is 22.4 Å². The van der Waals surface area contributed by atoms with E-state index in [4.69, 9.17) is 0 Å². The number of anilines is 1. The van der Waals surface area contributed by atoms with Crippen LogP contribution in [0.5, 0.6) is 0 Å². The molecule has 21 heavy (non-hydrogen) atoms. The van der Waals surface area contributed by atoms with Gasteiger partial charge in [-0.25, -0.2) is 0 Å². The monoisotopic (exact) mass is 306 g/mol. The molecular weight excluding hydrogens is 292 g/mol. The van der Waals surface area contributed by atoms with Crippen molar-refractivity contribution in [2.75, 3.05) is 12.4 Å². The van der Waals surface area contributed by atoms with Gasteiger partial charge in [-0.1, -0.05) is 12.1 Å². The van der Waals surface area contributed by atoms with Crippen molar-refractivity contribution in [1.29, 1.82) is 0 Å². The van der Waals surface area contributed by atoms with E-state index in [9.17, 15) is 14.9 Å². The van der Waals surface area contributed by atoms with E-state index in [1.54, 1.807) is 18.2 Å². The van der Waals surface area contributed by atoms with E-state index in [1.807, 2.05) is 12.1 Å². The summed E-state index contributed by atoms with van der Waals surface area (Å²) in [5.41, 5.74) is 0.522. The Kier molecular flexibility index (Phi) is 4.89. The molecule has 2 aromatic rings. The topological polar surface area (TPSA) is 81.5 Å². The number of carbonyl (C=O) groups excluding carboxylic acids is 1. The molecule has 0 aliphatic rings. The molecular formula is C14H14N2O4S. The number of nitrogens with zero attached hydrogens (tertiary/aromatic N) is 1. The van der Waals surface area contributed by atoms with Crippen LogP contribution in [0.2, 0.25) is 0 Å². The first-order chi connectivity index (χ1) is 10.1.